The molecule has 0 spiro atoms. The fourth-order valence-electron chi connectivity index (χ4n) is 3.64. The van der Waals surface area contributed by atoms with Crippen molar-refractivity contribution in [2.24, 2.45) is 0 Å². The van der Waals surface area contributed by atoms with Gasteiger partial charge in [-0.25, -0.2) is 0 Å². The summed E-state index contributed by atoms with van der Waals surface area (Å²) >= 11 is 2.06. The van der Waals surface area contributed by atoms with Crippen LogP contribution < -0.4 is 9.30 Å². The number of hydrogen-bond donors (Lipinski definition) is 0. The van der Waals surface area contributed by atoms with E-state index in [1.165, 1.54) is 16.4 Å². The minimum atomic E-state index is 0.189. The second kappa shape index (κ2) is 10.8. The molecule has 0 aromatic heterocycles. The van der Waals surface area contributed by atoms with E-state index in [2.05, 4.69) is 68.8 Å². The van der Waals surface area contributed by atoms with Gasteiger partial charge in [-0.15, -0.1) is 0 Å². The van der Waals surface area contributed by atoms with E-state index in [1.807, 2.05) is 19.2 Å². The monoisotopic (exact) mass is 438 g/mol. The first-order valence-corrected chi connectivity index (χ1v) is 11.2. The van der Waals surface area contributed by atoms with Crippen LogP contribution in [0.15, 0.2) is 54.6 Å². The van der Waals surface area contributed by atoms with Crippen molar-refractivity contribution in [3.8, 4) is 0 Å². The summed E-state index contributed by atoms with van der Waals surface area (Å²) in [6, 6.07) is 18.9. The standard InChI is InChI=1S/C23H30GeN3O/c1-25(22-11-9-21(24)10-12-22)23(28)13-15-27-18-16-26(17-19-27)14-5-8-20-6-3-2-4-7-20/h2-4,6-7,9-12H,5,8,13-19H2,1H3. The van der Waals surface area contributed by atoms with Crippen LogP contribution >= 0.6 is 0 Å². The van der Waals surface area contributed by atoms with Gasteiger partial charge < -0.3 is 0 Å². The van der Waals surface area contributed by atoms with Crippen molar-refractivity contribution in [3.63, 3.8) is 0 Å². The Labute approximate surface area is 177 Å². The number of benzene rings is 2. The predicted octanol–water partition coefficient (Wildman–Crippen LogP) is 2.08. The Hall–Kier alpha value is -1.63. The van der Waals surface area contributed by atoms with Crippen LogP contribution in [-0.4, -0.2) is 78.5 Å². The minimum absolute atomic E-state index is 0.189. The first-order chi connectivity index (χ1) is 13.6. The van der Waals surface area contributed by atoms with Gasteiger partial charge in [-0.1, -0.05) is 30.3 Å². The van der Waals surface area contributed by atoms with Gasteiger partial charge in [0, 0.05) is 0 Å². The molecule has 2 aromatic rings. The molecule has 1 aliphatic rings. The number of carbonyl (C=O) groups is 1. The van der Waals surface area contributed by atoms with Crippen molar-refractivity contribution >= 4 is 32.5 Å². The summed E-state index contributed by atoms with van der Waals surface area (Å²) < 4.78 is 1.21. The van der Waals surface area contributed by atoms with E-state index in [0.29, 0.717) is 6.42 Å². The Morgan fingerprint density at radius 1 is 0.929 bits per heavy atom. The van der Waals surface area contributed by atoms with E-state index in [0.717, 1.165) is 51.4 Å². The van der Waals surface area contributed by atoms with Gasteiger partial charge in [0.25, 0.3) is 0 Å². The summed E-state index contributed by atoms with van der Waals surface area (Å²) in [4.78, 5) is 19.3. The van der Waals surface area contributed by atoms with Crippen LogP contribution in [0.5, 0.6) is 0 Å². The van der Waals surface area contributed by atoms with E-state index in [-0.39, 0.29) is 5.91 Å². The fourth-order valence-corrected chi connectivity index (χ4v) is 3.99. The van der Waals surface area contributed by atoms with E-state index < -0.39 is 0 Å². The molecule has 0 aliphatic carbocycles. The molecular formula is C23H30GeN3O. The molecular weight excluding hydrogens is 407 g/mol. The zero-order chi connectivity index (χ0) is 19.8. The van der Waals surface area contributed by atoms with Crippen LogP contribution in [-0.2, 0) is 11.2 Å². The molecule has 1 fully saturated rings. The number of rotatable bonds is 8. The van der Waals surface area contributed by atoms with Gasteiger partial charge in [0.05, 0.1) is 0 Å². The molecule has 3 radical (unpaired) electrons. The summed E-state index contributed by atoms with van der Waals surface area (Å²) in [6.07, 6.45) is 2.95. The molecule has 0 N–H and O–H groups in total. The third-order valence-corrected chi connectivity index (χ3v) is 6.22. The molecule has 1 saturated heterocycles. The first-order valence-electron chi connectivity index (χ1n) is 10.2. The van der Waals surface area contributed by atoms with Crippen molar-refractivity contribution in [2.75, 3.05) is 51.2 Å². The topological polar surface area (TPSA) is 26.8 Å². The van der Waals surface area contributed by atoms with Crippen LogP contribution in [0.25, 0.3) is 0 Å². The Bertz CT molecular complexity index is 727. The molecule has 2 aromatic carbocycles. The summed E-state index contributed by atoms with van der Waals surface area (Å²) in [5, 5.41) is 0. The molecule has 147 valence electrons. The van der Waals surface area contributed by atoms with E-state index in [1.54, 1.807) is 4.90 Å². The van der Waals surface area contributed by atoms with E-state index in [9.17, 15) is 4.79 Å². The van der Waals surface area contributed by atoms with Gasteiger partial charge in [-0.3, -0.25) is 0 Å². The summed E-state index contributed by atoms with van der Waals surface area (Å²) in [6.45, 7) is 6.36. The van der Waals surface area contributed by atoms with Crippen LogP contribution in [0.2, 0.25) is 0 Å². The Balaban J connectivity index is 1.32. The number of piperazine rings is 1. The number of carbonyl (C=O) groups excluding carboxylic acids is 1. The average Bonchev–Trinajstić information content (AvgIpc) is 2.74. The van der Waals surface area contributed by atoms with E-state index in [4.69, 9.17) is 0 Å². The van der Waals surface area contributed by atoms with Gasteiger partial charge in [-0.2, -0.15) is 0 Å². The number of nitrogens with zero attached hydrogens (tertiary/aromatic N) is 3. The number of amides is 1. The van der Waals surface area contributed by atoms with Gasteiger partial charge in [-0.05, 0) is 24.9 Å². The summed E-state index contributed by atoms with van der Waals surface area (Å²) in [5.41, 5.74) is 2.40. The van der Waals surface area contributed by atoms with Gasteiger partial charge in [0.1, 0.15) is 0 Å². The Morgan fingerprint density at radius 2 is 1.54 bits per heavy atom. The second-order valence-electron chi connectivity index (χ2n) is 7.52. The van der Waals surface area contributed by atoms with Gasteiger partial charge >= 0.3 is 122 Å². The van der Waals surface area contributed by atoms with Crippen molar-refractivity contribution in [1.29, 1.82) is 0 Å². The second-order valence-corrected chi connectivity index (χ2v) is 8.73. The molecule has 28 heavy (non-hydrogen) atoms. The third kappa shape index (κ3) is 6.47. The van der Waals surface area contributed by atoms with Crippen LogP contribution in [0.1, 0.15) is 18.4 Å². The summed E-state index contributed by atoms with van der Waals surface area (Å²) in [5.74, 6) is 0.189. The maximum atomic E-state index is 12.5. The van der Waals surface area contributed by atoms with Crippen LogP contribution in [0, 0.1) is 0 Å². The molecule has 5 heteroatoms. The van der Waals surface area contributed by atoms with Gasteiger partial charge in [0.2, 0.25) is 0 Å². The molecule has 1 amide bonds. The average molecular weight is 437 g/mol. The van der Waals surface area contributed by atoms with Crippen LogP contribution in [0.3, 0.4) is 0 Å². The van der Waals surface area contributed by atoms with Crippen molar-refractivity contribution in [2.45, 2.75) is 19.3 Å². The first kappa shape index (κ1) is 21.1. The summed E-state index contributed by atoms with van der Waals surface area (Å²) in [7, 11) is 1.87. The molecule has 1 heterocycles. The third-order valence-electron chi connectivity index (χ3n) is 5.52. The Kier molecular flexibility index (Phi) is 8.13. The number of anilines is 1. The fraction of sp³-hybridized carbons (Fsp3) is 0.435. The molecule has 0 unspecified atom stereocenters. The molecule has 0 saturated carbocycles. The normalized spacial score (nSPS) is 15.5. The molecule has 0 bridgehead atoms. The SMILES string of the molecule is CN(C(=O)CCN1CCN(CCCc2ccccc2)CC1)c1cc[c]([Ge])cc1. The molecule has 3 rings (SSSR count). The van der Waals surface area contributed by atoms with Crippen molar-refractivity contribution in [3.05, 3.63) is 60.2 Å². The number of aryl methyl sites for hydroxylation is 1. The molecule has 4 nitrogen and oxygen atoms in total. The van der Waals surface area contributed by atoms with Crippen molar-refractivity contribution < 1.29 is 4.79 Å². The van der Waals surface area contributed by atoms with E-state index >= 15 is 0 Å². The Morgan fingerprint density at radius 3 is 2.18 bits per heavy atom. The quantitative estimate of drug-likeness (QED) is 0.593. The van der Waals surface area contributed by atoms with Gasteiger partial charge in [0.15, 0.2) is 0 Å². The molecule has 1 aliphatic heterocycles. The predicted molar refractivity (Wildman–Crippen MR) is 118 cm³/mol. The zero-order valence-corrected chi connectivity index (χ0v) is 18.9. The van der Waals surface area contributed by atoms with Crippen molar-refractivity contribution in [1.82, 2.24) is 9.80 Å². The maximum absolute atomic E-state index is 12.5. The number of hydrogen-bond acceptors (Lipinski definition) is 3. The zero-order valence-electron chi connectivity index (χ0n) is 16.8. The molecule has 0 atom stereocenters. The van der Waals surface area contributed by atoms with Crippen LogP contribution in [0.4, 0.5) is 5.69 Å².